The molecule has 82 valence electrons. The molecule has 2 nitrogen and oxygen atoms in total. The zero-order valence-corrected chi connectivity index (χ0v) is 9.94. The average molecular weight is 222 g/mol. The SMILES string of the molecule is C[C@@]1(CSCc2ccccc2)CNCN1. The van der Waals surface area contributed by atoms with E-state index in [0.29, 0.717) is 0 Å². The molecule has 0 aliphatic carbocycles. The summed E-state index contributed by atoms with van der Waals surface area (Å²) in [7, 11) is 0. The molecule has 1 fully saturated rings. The molecule has 0 aromatic heterocycles. The van der Waals surface area contributed by atoms with Gasteiger partial charge in [0.05, 0.1) is 0 Å². The van der Waals surface area contributed by atoms with E-state index in [0.717, 1.165) is 24.7 Å². The van der Waals surface area contributed by atoms with Crippen LogP contribution < -0.4 is 10.6 Å². The minimum absolute atomic E-state index is 0.277. The highest BCUT2D eigenvalue weighted by molar-refractivity contribution is 7.98. The van der Waals surface area contributed by atoms with Crippen LogP contribution in [0.3, 0.4) is 0 Å². The van der Waals surface area contributed by atoms with Crippen LogP contribution in [-0.4, -0.2) is 24.5 Å². The summed E-state index contributed by atoms with van der Waals surface area (Å²) in [5.74, 6) is 2.27. The van der Waals surface area contributed by atoms with E-state index in [1.54, 1.807) is 0 Å². The third kappa shape index (κ3) is 3.23. The first-order chi connectivity index (χ1) is 7.29. The van der Waals surface area contributed by atoms with Gasteiger partial charge in [0.15, 0.2) is 0 Å². The molecular formula is C12H18N2S. The first-order valence-electron chi connectivity index (χ1n) is 5.36. The molecule has 1 aromatic carbocycles. The molecule has 0 amide bonds. The van der Waals surface area contributed by atoms with Gasteiger partial charge in [-0.3, -0.25) is 5.32 Å². The van der Waals surface area contributed by atoms with Crippen LogP contribution in [0.25, 0.3) is 0 Å². The lowest BCUT2D eigenvalue weighted by molar-refractivity contribution is 0.496. The highest BCUT2D eigenvalue weighted by Crippen LogP contribution is 2.18. The summed E-state index contributed by atoms with van der Waals surface area (Å²) in [6.45, 7) is 4.31. The van der Waals surface area contributed by atoms with Gasteiger partial charge in [-0.2, -0.15) is 11.8 Å². The van der Waals surface area contributed by atoms with Crippen molar-refractivity contribution < 1.29 is 0 Å². The second-order valence-corrected chi connectivity index (χ2v) is 5.30. The zero-order valence-electron chi connectivity index (χ0n) is 9.12. The van der Waals surface area contributed by atoms with Gasteiger partial charge in [-0.15, -0.1) is 0 Å². The van der Waals surface area contributed by atoms with Crippen molar-refractivity contribution in [2.45, 2.75) is 18.2 Å². The van der Waals surface area contributed by atoms with Crippen molar-refractivity contribution >= 4 is 11.8 Å². The first kappa shape index (κ1) is 11.0. The minimum Gasteiger partial charge on any atom is -0.303 e. The Bertz CT molecular complexity index is 294. The van der Waals surface area contributed by atoms with E-state index in [-0.39, 0.29) is 5.54 Å². The molecule has 2 N–H and O–H groups in total. The minimum atomic E-state index is 0.277. The Balaban J connectivity index is 1.75. The van der Waals surface area contributed by atoms with Crippen LogP contribution in [-0.2, 0) is 5.75 Å². The lowest BCUT2D eigenvalue weighted by Crippen LogP contribution is -2.41. The van der Waals surface area contributed by atoms with Gasteiger partial charge in [0.25, 0.3) is 0 Å². The van der Waals surface area contributed by atoms with E-state index < -0.39 is 0 Å². The maximum Gasteiger partial charge on any atom is 0.0459 e. The molecule has 0 bridgehead atoms. The summed E-state index contributed by atoms with van der Waals surface area (Å²) in [5, 5.41) is 6.82. The Morgan fingerprint density at radius 2 is 2.13 bits per heavy atom. The molecular weight excluding hydrogens is 204 g/mol. The second-order valence-electron chi connectivity index (χ2n) is 4.32. The maximum atomic E-state index is 3.49. The molecule has 0 radical (unpaired) electrons. The highest BCUT2D eigenvalue weighted by atomic mass is 32.2. The van der Waals surface area contributed by atoms with Gasteiger partial charge >= 0.3 is 0 Å². The number of hydrogen-bond acceptors (Lipinski definition) is 3. The van der Waals surface area contributed by atoms with Crippen molar-refractivity contribution in [1.29, 1.82) is 0 Å². The lowest BCUT2D eigenvalue weighted by atomic mass is 10.1. The number of thioether (sulfide) groups is 1. The van der Waals surface area contributed by atoms with Gasteiger partial charge in [0.2, 0.25) is 0 Å². The van der Waals surface area contributed by atoms with Gasteiger partial charge in [-0.25, -0.2) is 0 Å². The van der Waals surface area contributed by atoms with Crippen LogP contribution in [0.5, 0.6) is 0 Å². The Kier molecular flexibility index (Phi) is 3.67. The normalized spacial score (nSPS) is 25.7. The molecule has 0 saturated carbocycles. The fraction of sp³-hybridized carbons (Fsp3) is 0.500. The third-order valence-electron chi connectivity index (χ3n) is 2.69. The van der Waals surface area contributed by atoms with Crippen molar-refractivity contribution in [2.24, 2.45) is 0 Å². The predicted octanol–water partition coefficient (Wildman–Crippen LogP) is 1.83. The van der Waals surface area contributed by atoms with E-state index in [9.17, 15) is 0 Å². The summed E-state index contributed by atoms with van der Waals surface area (Å²) in [6.07, 6.45) is 0. The number of benzene rings is 1. The Hall–Kier alpha value is -0.510. The van der Waals surface area contributed by atoms with Gasteiger partial charge in [0, 0.05) is 30.3 Å². The van der Waals surface area contributed by atoms with E-state index in [1.165, 1.54) is 5.56 Å². The van der Waals surface area contributed by atoms with Crippen LogP contribution >= 0.6 is 11.8 Å². The molecule has 15 heavy (non-hydrogen) atoms. The quantitative estimate of drug-likeness (QED) is 0.813. The molecule has 1 aromatic rings. The summed E-state index contributed by atoms with van der Waals surface area (Å²) >= 11 is 2.00. The van der Waals surface area contributed by atoms with Crippen LogP contribution in [0, 0.1) is 0 Å². The molecule has 3 heteroatoms. The Morgan fingerprint density at radius 3 is 2.80 bits per heavy atom. The van der Waals surface area contributed by atoms with E-state index in [4.69, 9.17) is 0 Å². The highest BCUT2D eigenvalue weighted by Gasteiger charge is 2.27. The van der Waals surface area contributed by atoms with Gasteiger partial charge < -0.3 is 5.32 Å². The number of nitrogens with one attached hydrogen (secondary N) is 2. The number of rotatable bonds is 4. The van der Waals surface area contributed by atoms with Crippen LogP contribution in [0.1, 0.15) is 12.5 Å². The van der Waals surface area contributed by atoms with E-state index in [2.05, 4.69) is 47.9 Å². The molecule has 1 aliphatic rings. The second kappa shape index (κ2) is 5.01. The summed E-state index contributed by atoms with van der Waals surface area (Å²) in [5.41, 5.74) is 1.69. The predicted molar refractivity (Wildman–Crippen MR) is 67.0 cm³/mol. The first-order valence-corrected chi connectivity index (χ1v) is 6.51. The van der Waals surface area contributed by atoms with Crippen molar-refractivity contribution in [3.05, 3.63) is 35.9 Å². The van der Waals surface area contributed by atoms with Crippen molar-refractivity contribution in [3.8, 4) is 0 Å². The monoisotopic (exact) mass is 222 g/mol. The van der Waals surface area contributed by atoms with Crippen molar-refractivity contribution in [3.63, 3.8) is 0 Å². The largest absolute Gasteiger partial charge is 0.303 e. The van der Waals surface area contributed by atoms with Gasteiger partial charge in [-0.05, 0) is 12.5 Å². The smallest absolute Gasteiger partial charge is 0.0459 e. The van der Waals surface area contributed by atoms with Crippen molar-refractivity contribution in [1.82, 2.24) is 10.6 Å². The van der Waals surface area contributed by atoms with Crippen LogP contribution in [0.2, 0.25) is 0 Å². The third-order valence-corrected chi connectivity index (χ3v) is 4.07. The van der Waals surface area contributed by atoms with Crippen molar-refractivity contribution in [2.75, 3.05) is 19.0 Å². The molecule has 1 saturated heterocycles. The van der Waals surface area contributed by atoms with Gasteiger partial charge in [0.1, 0.15) is 0 Å². The van der Waals surface area contributed by atoms with E-state index >= 15 is 0 Å². The molecule has 2 rings (SSSR count). The summed E-state index contributed by atoms with van der Waals surface area (Å²) in [6, 6.07) is 10.7. The molecule has 1 heterocycles. The fourth-order valence-electron chi connectivity index (χ4n) is 1.75. The average Bonchev–Trinajstić information content (AvgIpc) is 2.67. The molecule has 0 unspecified atom stereocenters. The number of hydrogen-bond donors (Lipinski definition) is 2. The lowest BCUT2D eigenvalue weighted by Gasteiger charge is -2.22. The molecule has 1 aliphatic heterocycles. The Labute approximate surface area is 95.8 Å². The molecule has 0 spiro atoms. The van der Waals surface area contributed by atoms with Crippen LogP contribution in [0.4, 0.5) is 0 Å². The standard InChI is InChI=1S/C12H18N2S/c1-12(8-13-10-14-12)9-15-7-11-5-3-2-4-6-11/h2-6,13-14H,7-10H2,1H3/t12-/m0/s1. The topological polar surface area (TPSA) is 24.1 Å². The van der Waals surface area contributed by atoms with E-state index in [1.807, 2.05) is 11.8 Å². The van der Waals surface area contributed by atoms with Crippen LogP contribution in [0.15, 0.2) is 30.3 Å². The zero-order chi connectivity index (χ0) is 10.6. The maximum absolute atomic E-state index is 3.49. The Morgan fingerprint density at radius 1 is 1.33 bits per heavy atom. The molecule has 1 atom stereocenters. The summed E-state index contributed by atoms with van der Waals surface area (Å²) < 4.78 is 0. The van der Waals surface area contributed by atoms with Gasteiger partial charge in [-0.1, -0.05) is 30.3 Å². The fourth-order valence-corrected chi connectivity index (χ4v) is 2.93. The summed E-state index contributed by atoms with van der Waals surface area (Å²) in [4.78, 5) is 0.